The lowest BCUT2D eigenvalue weighted by Crippen LogP contribution is -3.08. The van der Waals surface area contributed by atoms with Crippen molar-refractivity contribution in [2.75, 3.05) is 20.1 Å². The van der Waals surface area contributed by atoms with E-state index in [1.54, 1.807) is 11.0 Å². The van der Waals surface area contributed by atoms with Crippen molar-refractivity contribution < 1.29 is 4.90 Å². The van der Waals surface area contributed by atoms with Gasteiger partial charge in [0.25, 0.3) is 0 Å². The molecular weight excluding hydrogens is 194 g/mol. The predicted octanol–water partition coefficient (Wildman–Crippen LogP) is 3.02. The van der Waals surface area contributed by atoms with Gasteiger partial charge in [-0.15, -0.1) is 0 Å². The molecule has 0 aliphatic heterocycles. The van der Waals surface area contributed by atoms with Crippen LogP contribution in [-0.4, -0.2) is 20.1 Å². The fraction of sp³-hybridized carbons (Fsp3) is 0.600. The number of unbranched alkanes of at least 4 members (excludes halogenated alkanes) is 1. The molecule has 0 radical (unpaired) electrons. The molecule has 94 valence electrons. The van der Waals surface area contributed by atoms with Crippen LogP contribution in [0.4, 0.5) is 0 Å². The lowest BCUT2D eigenvalue weighted by Gasteiger charge is -2.08. The second kappa shape index (κ2) is 14.2. The van der Waals surface area contributed by atoms with E-state index in [2.05, 4.69) is 41.0 Å². The molecule has 1 atom stereocenters. The molecule has 1 unspecified atom stereocenters. The van der Waals surface area contributed by atoms with Gasteiger partial charge in [0.2, 0.25) is 0 Å². The summed E-state index contributed by atoms with van der Waals surface area (Å²) in [5, 5.41) is 0. The number of allylic oxidation sites excluding steroid dienone is 4. The molecule has 0 heterocycles. The molecule has 1 nitrogen and oxygen atoms in total. The Bertz CT molecular complexity index is 192. The van der Waals surface area contributed by atoms with Crippen molar-refractivity contribution in [3.8, 4) is 0 Å². The van der Waals surface area contributed by atoms with Gasteiger partial charge in [-0.05, 0) is 25.3 Å². The Morgan fingerprint density at radius 3 is 2.06 bits per heavy atom. The van der Waals surface area contributed by atoms with Crippen LogP contribution in [0.5, 0.6) is 0 Å². The standard InChI is InChI=1S/C8H12.C7H17N/c1-4-7-8(5-2)6-3;1-4-6-7-8(3)5-2/h4-5,7H,1-2,6H2,3H3;4-7H2,1-3H3/p+1/b8-7+;. The van der Waals surface area contributed by atoms with E-state index in [0.717, 1.165) is 6.42 Å². The van der Waals surface area contributed by atoms with E-state index in [-0.39, 0.29) is 0 Å². The van der Waals surface area contributed by atoms with Crippen LogP contribution < -0.4 is 4.90 Å². The largest absolute Gasteiger partial charge is 0.338 e. The van der Waals surface area contributed by atoms with E-state index in [0.29, 0.717) is 0 Å². The Kier molecular flexibility index (Phi) is 15.6. The monoisotopic (exact) mass is 224 g/mol. The predicted molar refractivity (Wildman–Crippen MR) is 76.0 cm³/mol. The van der Waals surface area contributed by atoms with E-state index in [1.165, 1.54) is 31.5 Å². The first-order valence-electron chi connectivity index (χ1n) is 6.41. The fourth-order valence-corrected chi connectivity index (χ4v) is 1.14. The minimum absolute atomic E-state index is 1.04. The summed E-state index contributed by atoms with van der Waals surface area (Å²) in [6.45, 7) is 16.4. The highest BCUT2D eigenvalue weighted by molar-refractivity contribution is 5.20. The molecule has 1 heteroatoms. The van der Waals surface area contributed by atoms with E-state index in [9.17, 15) is 0 Å². The first kappa shape index (κ1) is 17.6. The lowest BCUT2D eigenvalue weighted by atomic mass is 10.2. The SMILES string of the molecule is C=C/C=C(\C=C)CC.CCCC[NH+](C)CC. The number of hydrogen-bond donors (Lipinski definition) is 1. The molecule has 0 saturated heterocycles. The van der Waals surface area contributed by atoms with Crippen LogP contribution in [0.15, 0.2) is 37.0 Å². The zero-order chi connectivity index (χ0) is 12.8. The number of hydrogen-bond acceptors (Lipinski definition) is 0. The highest BCUT2D eigenvalue weighted by Crippen LogP contribution is 1.99. The molecule has 0 aromatic heterocycles. The Morgan fingerprint density at radius 1 is 1.19 bits per heavy atom. The van der Waals surface area contributed by atoms with Crippen molar-refractivity contribution in [2.45, 2.75) is 40.0 Å². The summed E-state index contributed by atoms with van der Waals surface area (Å²) in [6, 6.07) is 0. The van der Waals surface area contributed by atoms with Gasteiger partial charge >= 0.3 is 0 Å². The number of rotatable bonds is 7. The molecule has 0 aliphatic carbocycles. The minimum atomic E-state index is 1.04. The van der Waals surface area contributed by atoms with E-state index >= 15 is 0 Å². The summed E-state index contributed by atoms with van der Waals surface area (Å²) in [5.74, 6) is 0. The third-order valence-corrected chi connectivity index (χ3v) is 2.56. The van der Waals surface area contributed by atoms with Gasteiger partial charge in [-0.1, -0.05) is 51.7 Å². The lowest BCUT2D eigenvalue weighted by molar-refractivity contribution is -0.877. The Hall–Kier alpha value is -0.820. The van der Waals surface area contributed by atoms with Crippen LogP contribution in [0.2, 0.25) is 0 Å². The topological polar surface area (TPSA) is 4.44 Å². The maximum absolute atomic E-state index is 3.63. The highest BCUT2D eigenvalue weighted by atomic mass is 15.1. The van der Waals surface area contributed by atoms with Gasteiger partial charge in [0.15, 0.2) is 0 Å². The molecule has 0 aromatic rings. The quantitative estimate of drug-likeness (QED) is 0.634. The molecule has 0 bridgehead atoms. The van der Waals surface area contributed by atoms with Gasteiger partial charge in [-0.25, -0.2) is 0 Å². The molecule has 0 spiro atoms. The molecule has 0 aliphatic rings. The third-order valence-electron chi connectivity index (χ3n) is 2.56. The first-order valence-corrected chi connectivity index (χ1v) is 6.41. The summed E-state index contributed by atoms with van der Waals surface area (Å²) in [7, 11) is 2.25. The zero-order valence-corrected chi connectivity index (χ0v) is 11.7. The van der Waals surface area contributed by atoms with E-state index in [1.807, 2.05) is 12.2 Å². The van der Waals surface area contributed by atoms with Gasteiger partial charge in [0.1, 0.15) is 0 Å². The minimum Gasteiger partial charge on any atom is -0.338 e. The summed E-state index contributed by atoms with van der Waals surface area (Å²) >= 11 is 0. The molecule has 0 saturated carbocycles. The number of nitrogens with one attached hydrogen (secondary N) is 1. The van der Waals surface area contributed by atoms with Crippen molar-refractivity contribution in [1.82, 2.24) is 0 Å². The van der Waals surface area contributed by atoms with Crippen LogP contribution in [-0.2, 0) is 0 Å². The average molecular weight is 224 g/mol. The molecule has 16 heavy (non-hydrogen) atoms. The molecule has 0 rings (SSSR count). The third kappa shape index (κ3) is 13.2. The zero-order valence-electron chi connectivity index (χ0n) is 11.7. The molecular formula is C15H30N+. The van der Waals surface area contributed by atoms with Gasteiger partial charge < -0.3 is 4.90 Å². The summed E-state index contributed by atoms with van der Waals surface area (Å²) in [5.41, 5.74) is 1.24. The van der Waals surface area contributed by atoms with Crippen molar-refractivity contribution in [2.24, 2.45) is 0 Å². The summed E-state index contributed by atoms with van der Waals surface area (Å²) in [6.07, 6.45) is 9.34. The summed E-state index contributed by atoms with van der Waals surface area (Å²) < 4.78 is 0. The Labute approximate surface area is 103 Å². The Balaban J connectivity index is 0. The molecule has 0 aromatic carbocycles. The first-order chi connectivity index (χ1) is 7.65. The maximum atomic E-state index is 3.63. The van der Waals surface area contributed by atoms with Crippen LogP contribution in [0.1, 0.15) is 40.0 Å². The van der Waals surface area contributed by atoms with E-state index in [4.69, 9.17) is 0 Å². The van der Waals surface area contributed by atoms with Gasteiger partial charge in [-0.3, -0.25) is 0 Å². The van der Waals surface area contributed by atoms with Gasteiger partial charge in [-0.2, -0.15) is 0 Å². The highest BCUT2D eigenvalue weighted by Gasteiger charge is 1.92. The number of quaternary nitrogens is 1. The van der Waals surface area contributed by atoms with Gasteiger partial charge in [0.05, 0.1) is 20.1 Å². The molecule has 0 amide bonds. The van der Waals surface area contributed by atoms with Crippen molar-refractivity contribution in [3.63, 3.8) is 0 Å². The van der Waals surface area contributed by atoms with Crippen LogP contribution >= 0.6 is 0 Å². The van der Waals surface area contributed by atoms with Crippen molar-refractivity contribution >= 4 is 0 Å². The van der Waals surface area contributed by atoms with Crippen LogP contribution in [0.25, 0.3) is 0 Å². The molecule has 1 N–H and O–H groups in total. The fourth-order valence-electron chi connectivity index (χ4n) is 1.14. The van der Waals surface area contributed by atoms with Crippen LogP contribution in [0.3, 0.4) is 0 Å². The summed E-state index contributed by atoms with van der Waals surface area (Å²) in [4.78, 5) is 1.65. The second-order valence-corrected chi connectivity index (χ2v) is 3.95. The van der Waals surface area contributed by atoms with Crippen molar-refractivity contribution in [1.29, 1.82) is 0 Å². The average Bonchev–Trinajstić information content (AvgIpc) is 2.33. The van der Waals surface area contributed by atoms with Crippen LogP contribution in [0, 0.1) is 0 Å². The maximum Gasteiger partial charge on any atom is 0.0768 e. The van der Waals surface area contributed by atoms with E-state index < -0.39 is 0 Å². The smallest absolute Gasteiger partial charge is 0.0768 e. The van der Waals surface area contributed by atoms with Gasteiger partial charge in [0, 0.05) is 0 Å². The van der Waals surface area contributed by atoms with Crippen molar-refractivity contribution in [3.05, 3.63) is 37.0 Å². The Morgan fingerprint density at radius 2 is 1.81 bits per heavy atom. The normalized spacial score (nSPS) is 12.4. The second-order valence-electron chi connectivity index (χ2n) is 3.95. The molecule has 0 fully saturated rings.